The van der Waals surface area contributed by atoms with Gasteiger partial charge >= 0.3 is 0 Å². The Balaban J connectivity index is 1.39. The number of anilines is 2. The van der Waals surface area contributed by atoms with Crippen molar-refractivity contribution in [3.8, 4) is 39.4 Å². The van der Waals surface area contributed by atoms with Crippen LogP contribution in [0.1, 0.15) is 11.1 Å². The summed E-state index contributed by atoms with van der Waals surface area (Å²) in [4.78, 5) is 0. The number of benzene rings is 6. The Bertz CT molecular complexity index is 2240. The molecule has 4 heteroatoms. The summed E-state index contributed by atoms with van der Waals surface area (Å²) in [5, 5.41) is 6.28. The lowest BCUT2D eigenvalue weighted by Gasteiger charge is -2.28. The van der Waals surface area contributed by atoms with E-state index in [1.165, 1.54) is 66.2 Å². The molecule has 9 rings (SSSR count). The molecule has 0 saturated carbocycles. The van der Waals surface area contributed by atoms with Gasteiger partial charge in [-0.2, -0.15) is 0 Å². The maximum absolute atomic E-state index is 6.41. The van der Waals surface area contributed by atoms with E-state index < -0.39 is 0 Å². The highest BCUT2D eigenvalue weighted by atomic mass is 16.5. The van der Waals surface area contributed by atoms with Gasteiger partial charge in [-0.15, -0.1) is 0 Å². The monoisotopic (exact) mass is 537 g/mol. The smallest absolute Gasteiger partial charge is 0.197 e. The van der Waals surface area contributed by atoms with Crippen molar-refractivity contribution in [3.05, 3.63) is 126 Å². The molecule has 0 fully saturated rings. The summed E-state index contributed by atoms with van der Waals surface area (Å²) in [5.74, 6) is 1.68. The highest BCUT2D eigenvalue weighted by Gasteiger charge is 2.28. The zero-order valence-electron chi connectivity index (χ0n) is 23.4. The Labute approximate surface area is 245 Å². The molecule has 2 aliphatic rings. The lowest BCUT2D eigenvalue weighted by molar-refractivity contribution is 0.481. The Morgan fingerprint density at radius 1 is 0.667 bits per heavy atom. The van der Waals surface area contributed by atoms with Gasteiger partial charge in [0.25, 0.3) is 0 Å². The molecule has 0 aliphatic carbocycles. The molecule has 0 bridgehead atoms. The molecule has 2 aliphatic heterocycles. The van der Waals surface area contributed by atoms with Crippen LogP contribution in [-0.4, -0.2) is 11.8 Å². The fourth-order valence-electron chi connectivity index (χ4n) is 7.06. The van der Waals surface area contributed by atoms with Gasteiger partial charge in [0.2, 0.25) is 0 Å². The maximum Gasteiger partial charge on any atom is 0.197 e. The first-order chi connectivity index (χ1) is 20.7. The number of ether oxygens (including phenoxy) is 1. The summed E-state index contributed by atoms with van der Waals surface area (Å²) in [5.41, 5.74) is 15.4. The second-order valence-electron chi connectivity index (χ2n) is 11.4. The van der Waals surface area contributed by atoms with E-state index >= 15 is 0 Å². The van der Waals surface area contributed by atoms with Crippen molar-refractivity contribution < 1.29 is 4.74 Å². The Hall–Kier alpha value is -5.22. The van der Waals surface area contributed by atoms with Crippen molar-refractivity contribution in [2.45, 2.75) is 13.8 Å². The molecule has 1 radical (unpaired) electrons. The molecular formula is C38H26BN2O. The summed E-state index contributed by atoms with van der Waals surface area (Å²) in [7, 11) is 2.37. The zero-order valence-corrected chi connectivity index (χ0v) is 23.4. The zero-order chi connectivity index (χ0) is 27.9. The number of rotatable bonds is 2. The molecule has 0 unspecified atom stereocenters. The molecular weight excluding hydrogens is 511 g/mol. The van der Waals surface area contributed by atoms with E-state index in [2.05, 4.69) is 122 Å². The maximum atomic E-state index is 6.41. The summed E-state index contributed by atoms with van der Waals surface area (Å²) >= 11 is 0. The van der Waals surface area contributed by atoms with Crippen LogP contribution in [0.3, 0.4) is 0 Å². The predicted molar refractivity (Wildman–Crippen MR) is 176 cm³/mol. The molecule has 1 aromatic heterocycles. The quantitative estimate of drug-likeness (QED) is 0.224. The van der Waals surface area contributed by atoms with Crippen LogP contribution < -0.4 is 21.0 Å². The third-order valence-electron chi connectivity index (χ3n) is 8.88. The highest BCUT2D eigenvalue weighted by Crippen LogP contribution is 2.47. The van der Waals surface area contributed by atoms with Crippen molar-refractivity contribution in [1.82, 2.24) is 4.57 Å². The van der Waals surface area contributed by atoms with E-state index in [4.69, 9.17) is 4.74 Å². The third-order valence-corrected chi connectivity index (χ3v) is 8.88. The number of aryl methyl sites for hydroxylation is 2. The SMILES string of the molecule is Cc1cccc(C)c1-c1cc(-c2cccc3c2Nc2ccccc2O3)c2c(c1)-n1c3ccccc3c3cccc(c31)[B]2. The summed E-state index contributed by atoms with van der Waals surface area (Å²) in [6.45, 7) is 4.42. The summed E-state index contributed by atoms with van der Waals surface area (Å²) < 4.78 is 8.88. The number of aromatic nitrogens is 1. The molecule has 0 saturated heterocycles. The number of hydrogen-bond donors (Lipinski definition) is 1. The van der Waals surface area contributed by atoms with Crippen LogP contribution >= 0.6 is 0 Å². The van der Waals surface area contributed by atoms with Crippen LogP contribution in [0.25, 0.3) is 49.7 Å². The van der Waals surface area contributed by atoms with Gasteiger partial charge in [-0.05, 0) is 83.5 Å². The molecule has 0 amide bonds. The van der Waals surface area contributed by atoms with Gasteiger partial charge in [-0.1, -0.05) is 84.3 Å². The average Bonchev–Trinajstić information content (AvgIpc) is 3.36. The van der Waals surface area contributed by atoms with Crippen LogP contribution in [0, 0.1) is 13.8 Å². The first kappa shape index (κ1) is 23.5. The van der Waals surface area contributed by atoms with Crippen molar-refractivity contribution in [2.24, 2.45) is 0 Å². The Morgan fingerprint density at radius 3 is 2.31 bits per heavy atom. The third kappa shape index (κ3) is 3.24. The van der Waals surface area contributed by atoms with E-state index in [0.29, 0.717) is 0 Å². The van der Waals surface area contributed by atoms with Crippen LogP contribution in [0.2, 0.25) is 0 Å². The average molecular weight is 537 g/mol. The van der Waals surface area contributed by atoms with Crippen LogP contribution in [0.15, 0.2) is 115 Å². The molecule has 0 atom stereocenters. The minimum Gasteiger partial charge on any atom is -0.453 e. The number of nitrogens with one attached hydrogen (secondary N) is 1. The summed E-state index contributed by atoms with van der Waals surface area (Å²) in [6.07, 6.45) is 0. The second-order valence-corrected chi connectivity index (χ2v) is 11.4. The molecule has 1 N–H and O–H groups in total. The minimum absolute atomic E-state index is 0.836. The molecule has 3 nitrogen and oxygen atoms in total. The van der Waals surface area contributed by atoms with Gasteiger partial charge in [-0.25, -0.2) is 0 Å². The van der Waals surface area contributed by atoms with E-state index in [0.717, 1.165) is 28.4 Å². The first-order valence-electron chi connectivity index (χ1n) is 14.4. The lowest BCUT2D eigenvalue weighted by atomic mass is 9.58. The topological polar surface area (TPSA) is 26.2 Å². The number of nitrogens with zero attached hydrogens (tertiary/aromatic N) is 1. The highest BCUT2D eigenvalue weighted by molar-refractivity contribution is 6.73. The van der Waals surface area contributed by atoms with Gasteiger partial charge in [0.1, 0.15) is 0 Å². The fraction of sp³-hybridized carbons (Fsp3) is 0.0526. The van der Waals surface area contributed by atoms with Crippen molar-refractivity contribution in [3.63, 3.8) is 0 Å². The van der Waals surface area contributed by atoms with E-state index in [-0.39, 0.29) is 0 Å². The van der Waals surface area contributed by atoms with Crippen LogP contribution in [0.4, 0.5) is 11.4 Å². The second kappa shape index (κ2) is 8.64. The van der Waals surface area contributed by atoms with E-state index in [1.54, 1.807) is 0 Å². The largest absolute Gasteiger partial charge is 0.453 e. The molecule has 6 aromatic carbocycles. The minimum atomic E-state index is 0.836. The van der Waals surface area contributed by atoms with Gasteiger partial charge in [0, 0.05) is 27.5 Å². The molecule has 197 valence electrons. The van der Waals surface area contributed by atoms with Crippen molar-refractivity contribution in [2.75, 3.05) is 5.32 Å². The van der Waals surface area contributed by atoms with Gasteiger partial charge in [0.05, 0.1) is 16.9 Å². The standard InChI is InChI=1S/C38H26BN2O/c1-22-10-7-11-23(2)35(22)24-20-28(26-13-9-19-34-37(26)40-30-16-4-6-18-33(30)42-34)36-32(21-24)41-31-17-5-3-12-25(31)27-14-8-15-29(39-36)38(27)41/h3-21,40H,1-2H3. The number of hydrogen-bond acceptors (Lipinski definition) is 2. The van der Waals surface area contributed by atoms with Gasteiger partial charge in [-0.3, -0.25) is 0 Å². The fourth-order valence-corrected chi connectivity index (χ4v) is 7.06. The predicted octanol–water partition coefficient (Wildman–Crippen LogP) is 8.55. The van der Waals surface area contributed by atoms with Crippen LogP contribution in [-0.2, 0) is 0 Å². The van der Waals surface area contributed by atoms with Crippen molar-refractivity contribution in [1.29, 1.82) is 0 Å². The van der Waals surface area contributed by atoms with Gasteiger partial charge < -0.3 is 14.6 Å². The Morgan fingerprint density at radius 2 is 1.40 bits per heavy atom. The first-order valence-corrected chi connectivity index (χ1v) is 14.4. The normalized spacial score (nSPS) is 12.6. The lowest BCUT2D eigenvalue weighted by Crippen LogP contribution is -2.37. The number of para-hydroxylation sites is 5. The van der Waals surface area contributed by atoms with E-state index in [9.17, 15) is 0 Å². The number of fused-ring (bicyclic) bond motifs is 7. The molecule has 7 aromatic rings. The Kier molecular flexibility index (Phi) is 4.83. The summed E-state index contributed by atoms with van der Waals surface area (Å²) in [6, 6.07) is 41.3. The van der Waals surface area contributed by atoms with E-state index in [1.807, 2.05) is 24.3 Å². The molecule has 42 heavy (non-hydrogen) atoms. The molecule has 3 heterocycles. The van der Waals surface area contributed by atoms with Crippen LogP contribution in [0.5, 0.6) is 11.5 Å². The molecule has 0 spiro atoms. The van der Waals surface area contributed by atoms with Gasteiger partial charge in [0.15, 0.2) is 18.8 Å². The van der Waals surface area contributed by atoms with Crippen molar-refractivity contribution >= 4 is 51.4 Å².